The minimum Gasteiger partial charge on any atom is -0.383 e. The molecular formula is C17H29N5O4. The molecule has 0 radical (unpaired) electrons. The Morgan fingerprint density at radius 3 is 2.38 bits per heavy atom. The van der Waals surface area contributed by atoms with Gasteiger partial charge in [-0.05, 0) is 6.42 Å². The van der Waals surface area contributed by atoms with Crippen LogP contribution in [-0.4, -0.2) is 64.5 Å². The van der Waals surface area contributed by atoms with Crippen molar-refractivity contribution in [1.82, 2.24) is 24.0 Å². The van der Waals surface area contributed by atoms with Gasteiger partial charge in [0.15, 0.2) is 11.2 Å². The average Bonchev–Trinajstić information content (AvgIpc) is 2.93. The first-order chi connectivity index (χ1) is 12.5. The Hall–Kier alpha value is -1.97. The first-order valence-electron chi connectivity index (χ1n) is 8.92. The van der Waals surface area contributed by atoms with Crippen molar-refractivity contribution in [3.8, 4) is 0 Å². The van der Waals surface area contributed by atoms with Gasteiger partial charge in [-0.15, -0.1) is 0 Å². The van der Waals surface area contributed by atoms with Crippen molar-refractivity contribution in [1.29, 1.82) is 0 Å². The van der Waals surface area contributed by atoms with E-state index in [-0.39, 0.29) is 0 Å². The predicted octanol–water partition coefficient (Wildman–Crippen LogP) is 0.318. The molecule has 9 nitrogen and oxygen atoms in total. The smallest absolute Gasteiger partial charge is 0.330 e. The van der Waals surface area contributed by atoms with Crippen molar-refractivity contribution >= 4 is 11.2 Å². The number of aryl methyl sites for hydroxylation is 2. The van der Waals surface area contributed by atoms with Crippen molar-refractivity contribution in [2.45, 2.75) is 32.9 Å². The minimum absolute atomic E-state index is 0.403. The second-order valence-corrected chi connectivity index (χ2v) is 6.29. The third-order valence-electron chi connectivity index (χ3n) is 4.43. The van der Waals surface area contributed by atoms with Crippen LogP contribution in [0.25, 0.3) is 11.2 Å². The van der Waals surface area contributed by atoms with Crippen molar-refractivity contribution in [2.24, 2.45) is 7.05 Å². The lowest BCUT2D eigenvalue weighted by Gasteiger charge is -2.21. The highest BCUT2D eigenvalue weighted by Crippen LogP contribution is 2.12. The summed E-state index contributed by atoms with van der Waals surface area (Å²) in [6.45, 7) is 5.77. The summed E-state index contributed by atoms with van der Waals surface area (Å²) in [5.41, 5.74) is 0.0628. The maximum absolute atomic E-state index is 12.3. The van der Waals surface area contributed by atoms with E-state index in [1.165, 1.54) is 0 Å². The van der Waals surface area contributed by atoms with E-state index < -0.39 is 11.2 Å². The summed E-state index contributed by atoms with van der Waals surface area (Å²) in [7, 11) is 5.13. The van der Waals surface area contributed by atoms with Crippen molar-refractivity contribution in [2.75, 3.05) is 40.5 Å². The molecule has 146 valence electrons. The fourth-order valence-electron chi connectivity index (χ4n) is 2.87. The van der Waals surface area contributed by atoms with E-state index in [0.29, 0.717) is 37.5 Å². The van der Waals surface area contributed by atoms with Gasteiger partial charge in [-0.2, -0.15) is 0 Å². The molecule has 0 saturated carbocycles. The summed E-state index contributed by atoms with van der Waals surface area (Å²) in [5.74, 6) is 0.730. The molecule has 0 aliphatic heterocycles. The molecule has 0 aliphatic rings. The molecular weight excluding hydrogens is 338 g/mol. The normalized spacial score (nSPS) is 11.7. The Bertz CT molecular complexity index is 815. The maximum Gasteiger partial charge on any atom is 0.330 e. The lowest BCUT2D eigenvalue weighted by Crippen LogP contribution is -2.31. The SMILES string of the molecule is CCCCn1c(=O)[nH]c(=O)c2c1nc(CN(CCOC)CCOC)n2C. The summed E-state index contributed by atoms with van der Waals surface area (Å²) >= 11 is 0. The van der Waals surface area contributed by atoms with Crippen LogP contribution in [0.15, 0.2) is 9.59 Å². The number of aromatic amines is 1. The summed E-state index contributed by atoms with van der Waals surface area (Å²) < 4.78 is 13.7. The third kappa shape index (κ3) is 4.60. The Morgan fingerprint density at radius 2 is 1.81 bits per heavy atom. The summed E-state index contributed by atoms with van der Waals surface area (Å²) in [4.78, 5) is 33.7. The fraction of sp³-hybridized carbons (Fsp3) is 0.706. The Kier molecular flexibility index (Phi) is 7.55. The molecule has 9 heteroatoms. The van der Waals surface area contributed by atoms with Crippen LogP contribution in [0, 0.1) is 0 Å². The molecule has 2 heterocycles. The van der Waals surface area contributed by atoms with Crippen LogP contribution in [0.2, 0.25) is 0 Å². The van der Waals surface area contributed by atoms with Crippen LogP contribution in [0.1, 0.15) is 25.6 Å². The summed E-state index contributed by atoms with van der Waals surface area (Å²) in [6, 6.07) is 0. The van der Waals surface area contributed by atoms with Crippen molar-refractivity contribution < 1.29 is 9.47 Å². The second kappa shape index (κ2) is 9.65. The zero-order valence-electron chi connectivity index (χ0n) is 16.1. The van der Waals surface area contributed by atoms with Crippen LogP contribution in [0.5, 0.6) is 0 Å². The number of H-pyrrole nitrogens is 1. The number of unbranched alkanes of at least 4 members (excludes halogenated alkanes) is 1. The summed E-state index contributed by atoms with van der Waals surface area (Å²) in [6.07, 6.45) is 1.80. The molecule has 1 N–H and O–H groups in total. The largest absolute Gasteiger partial charge is 0.383 e. The fourth-order valence-corrected chi connectivity index (χ4v) is 2.87. The molecule has 2 aromatic rings. The lowest BCUT2D eigenvalue weighted by molar-refractivity contribution is 0.108. The van der Waals surface area contributed by atoms with Gasteiger partial charge in [0.05, 0.1) is 19.8 Å². The molecule has 0 spiro atoms. The highest BCUT2D eigenvalue weighted by molar-refractivity contribution is 5.70. The molecule has 0 unspecified atom stereocenters. The molecule has 2 aromatic heterocycles. The van der Waals surface area contributed by atoms with E-state index in [1.807, 2.05) is 0 Å². The van der Waals surface area contributed by atoms with Crippen LogP contribution < -0.4 is 11.2 Å². The zero-order valence-corrected chi connectivity index (χ0v) is 16.1. The Labute approximate surface area is 152 Å². The van der Waals surface area contributed by atoms with E-state index in [1.54, 1.807) is 30.4 Å². The number of nitrogens with zero attached hydrogens (tertiary/aromatic N) is 4. The topological polar surface area (TPSA) is 94.4 Å². The summed E-state index contributed by atoms with van der Waals surface area (Å²) in [5, 5.41) is 0. The van der Waals surface area contributed by atoms with E-state index in [9.17, 15) is 9.59 Å². The van der Waals surface area contributed by atoms with E-state index >= 15 is 0 Å². The van der Waals surface area contributed by atoms with Crippen LogP contribution in [0.3, 0.4) is 0 Å². The molecule has 0 bridgehead atoms. The molecule has 0 aliphatic carbocycles. The van der Waals surface area contributed by atoms with E-state index in [4.69, 9.17) is 9.47 Å². The molecule has 26 heavy (non-hydrogen) atoms. The molecule has 0 amide bonds. The first-order valence-corrected chi connectivity index (χ1v) is 8.92. The zero-order chi connectivity index (χ0) is 19.1. The van der Waals surface area contributed by atoms with E-state index in [0.717, 1.165) is 31.8 Å². The monoisotopic (exact) mass is 367 g/mol. The number of aromatic nitrogens is 4. The number of rotatable bonds is 11. The number of hydrogen-bond donors (Lipinski definition) is 1. The van der Waals surface area contributed by atoms with Crippen LogP contribution in [0.4, 0.5) is 0 Å². The van der Waals surface area contributed by atoms with Gasteiger partial charge in [0.25, 0.3) is 5.56 Å². The standard InChI is InChI=1S/C17H29N5O4/c1-5-6-7-22-15-14(16(23)19-17(22)24)20(2)13(18-15)12-21(8-10-25-3)9-11-26-4/h5-12H2,1-4H3,(H,19,23,24). The van der Waals surface area contributed by atoms with Gasteiger partial charge >= 0.3 is 5.69 Å². The van der Waals surface area contributed by atoms with Gasteiger partial charge in [-0.25, -0.2) is 9.78 Å². The highest BCUT2D eigenvalue weighted by atomic mass is 16.5. The lowest BCUT2D eigenvalue weighted by atomic mass is 10.3. The van der Waals surface area contributed by atoms with E-state index in [2.05, 4.69) is 21.8 Å². The molecule has 2 rings (SSSR count). The highest BCUT2D eigenvalue weighted by Gasteiger charge is 2.18. The van der Waals surface area contributed by atoms with Crippen molar-refractivity contribution in [3.05, 3.63) is 26.7 Å². The van der Waals surface area contributed by atoms with Gasteiger partial charge in [0, 0.05) is 40.9 Å². The van der Waals surface area contributed by atoms with Gasteiger partial charge in [-0.1, -0.05) is 13.3 Å². The first kappa shape index (κ1) is 20.3. The molecule has 0 aromatic carbocycles. The number of imidazole rings is 1. The quantitative estimate of drug-likeness (QED) is 0.615. The van der Waals surface area contributed by atoms with Gasteiger partial charge in [0.2, 0.25) is 0 Å². The van der Waals surface area contributed by atoms with Gasteiger partial charge < -0.3 is 14.0 Å². The molecule has 0 fully saturated rings. The Morgan fingerprint density at radius 1 is 1.15 bits per heavy atom. The Balaban J connectivity index is 2.41. The number of nitrogens with one attached hydrogen (secondary N) is 1. The maximum atomic E-state index is 12.3. The van der Waals surface area contributed by atoms with Crippen LogP contribution >= 0.6 is 0 Å². The van der Waals surface area contributed by atoms with Crippen molar-refractivity contribution in [3.63, 3.8) is 0 Å². The number of methoxy groups -OCH3 is 2. The average molecular weight is 367 g/mol. The van der Waals surface area contributed by atoms with Crippen LogP contribution in [-0.2, 0) is 29.6 Å². The third-order valence-corrected chi connectivity index (χ3v) is 4.43. The predicted molar refractivity (Wildman–Crippen MR) is 99.5 cm³/mol. The minimum atomic E-state index is -0.406. The number of fused-ring (bicyclic) bond motifs is 1. The molecule has 0 saturated heterocycles. The second-order valence-electron chi connectivity index (χ2n) is 6.29. The number of hydrogen-bond acceptors (Lipinski definition) is 6. The van der Waals surface area contributed by atoms with Gasteiger partial charge in [-0.3, -0.25) is 19.2 Å². The number of ether oxygens (including phenoxy) is 2. The van der Waals surface area contributed by atoms with Gasteiger partial charge in [0.1, 0.15) is 5.82 Å². The molecule has 0 atom stereocenters.